The van der Waals surface area contributed by atoms with Gasteiger partial charge in [-0.25, -0.2) is 23.5 Å². The number of hydrogen-bond acceptors (Lipinski definition) is 4. The van der Waals surface area contributed by atoms with Crippen molar-refractivity contribution in [1.29, 1.82) is 0 Å². The van der Waals surface area contributed by atoms with E-state index >= 15 is 0 Å². The zero-order valence-corrected chi connectivity index (χ0v) is 15.2. The SMILES string of the molecule is CCCCc1cnc(-c2ccc(C=CC(=O)OCC(F)(F)C(F)F)cc2)nc1. The van der Waals surface area contributed by atoms with Gasteiger partial charge in [0, 0.05) is 24.0 Å². The van der Waals surface area contributed by atoms with Gasteiger partial charge in [0.15, 0.2) is 12.4 Å². The maximum atomic E-state index is 12.7. The van der Waals surface area contributed by atoms with Gasteiger partial charge in [0.1, 0.15) is 0 Å². The highest BCUT2D eigenvalue weighted by Crippen LogP contribution is 2.23. The van der Waals surface area contributed by atoms with Crippen molar-refractivity contribution in [2.45, 2.75) is 38.5 Å². The summed E-state index contributed by atoms with van der Waals surface area (Å²) >= 11 is 0. The first-order chi connectivity index (χ1) is 13.3. The molecule has 0 aliphatic rings. The fourth-order valence-corrected chi connectivity index (χ4v) is 2.20. The van der Waals surface area contributed by atoms with Crippen LogP contribution in [0.4, 0.5) is 17.6 Å². The van der Waals surface area contributed by atoms with Crippen molar-refractivity contribution < 1.29 is 27.1 Å². The van der Waals surface area contributed by atoms with E-state index < -0.39 is 24.9 Å². The Morgan fingerprint density at radius 1 is 1.18 bits per heavy atom. The molecule has 0 radical (unpaired) electrons. The minimum atomic E-state index is -4.36. The predicted molar refractivity (Wildman–Crippen MR) is 97.0 cm³/mol. The largest absolute Gasteiger partial charge is 0.456 e. The van der Waals surface area contributed by atoms with Gasteiger partial charge < -0.3 is 4.74 Å². The van der Waals surface area contributed by atoms with Crippen molar-refractivity contribution in [3.63, 3.8) is 0 Å². The predicted octanol–water partition coefficient (Wildman–Crippen LogP) is 4.94. The van der Waals surface area contributed by atoms with Gasteiger partial charge in [-0.2, -0.15) is 8.78 Å². The molecule has 4 nitrogen and oxygen atoms in total. The van der Waals surface area contributed by atoms with Crippen LogP contribution in [0.3, 0.4) is 0 Å². The van der Waals surface area contributed by atoms with Gasteiger partial charge >= 0.3 is 18.3 Å². The van der Waals surface area contributed by atoms with E-state index in [9.17, 15) is 22.4 Å². The smallest absolute Gasteiger partial charge is 0.340 e. The molecule has 0 aliphatic heterocycles. The van der Waals surface area contributed by atoms with Crippen molar-refractivity contribution in [3.8, 4) is 11.4 Å². The fraction of sp³-hybridized carbons (Fsp3) is 0.350. The van der Waals surface area contributed by atoms with E-state index in [-0.39, 0.29) is 0 Å². The molecule has 0 atom stereocenters. The molecule has 8 heteroatoms. The molecule has 0 unspecified atom stereocenters. The van der Waals surface area contributed by atoms with E-state index in [0.29, 0.717) is 11.4 Å². The van der Waals surface area contributed by atoms with Crippen LogP contribution in [-0.4, -0.2) is 34.9 Å². The number of alkyl halides is 4. The molecule has 0 aliphatic carbocycles. The van der Waals surface area contributed by atoms with E-state index in [1.54, 1.807) is 36.7 Å². The lowest BCUT2D eigenvalue weighted by Crippen LogP contribution is -2.33. The Morgan fingerprint density at radius 2 is 1.82 bits per heavy atom. The Labute approximate surface area is 160 Å². The summed E-state index contributed by atoms with van der Waals surface area (Å²) in [7, 11) is 0. The Morgan fingerprint density at radius 3 is 2.39 bits per heavy atom. The van der Waals surface area contributed by atoms with Gasteiger partial charge in [-0.1, -0.05) is 37.6 Å². The molecule has 1 aromatic heterocycles. The summed E-state index contributed by atoms with van der Waals surface area (Å²) in [5, 5.41) is 0. The topological polar surface area (TPSA) is 52.1 Å². The highest BCUT2D eigenvalue weighted by Gasteiger charge is 2.42. The molecule has 1 heterocycles. The van der Waals surface area contributed by atoms with Crippen molar-refractivity contribution in [2.24, 2.45) is 0 Å². The number of rotatable bonds is 9. The van der Waals surface area contributed by atoms with Gasteiger partial charge in [0.05, 0.1) is 0 Å². The van der Waals surface area contributed by atoms with E-state index in [2.05, 4.69) is 21.6 Å². The number of esters is 1. The minimum absolute atomic E-state index is 0.560. The zero-order valence-electron chi connectivity index (χ0n) is 15.2. The summed E-state index contributed by atoms with van der Waals surface area (Å²) in [6, 6.07) is 6.86. The number of carbonyl (C=O) groups excluding carboxylic acids is 1. The van der Waals surface area contributed by atoms with Crippen LogP contribution in [0.25, 0.3) is 17.5 Å². The lowest BCUT2D eigenvalue weighted by Gasteiger charge is -2.14. The second-order valence-electron chi connectivity index (χ2n) is 6.14. The highest BCUT2D eigenvalue weighted by atomic mass is 19.3. The molecule has 0 N–H and O–H groups in total. The normalized spacial score (nSPS) is 11.9. The monoisotopic (exact) mass is 396 g/mol. The lowest BCUT2D eigenvalue weighted by atomic mass is 10.1. The maximum absolute atomic E-state index is 12.7. The third kappa shape index (κ3) is 6.44. The number of hydrogen-bond donors (Lipinski definition) is 0. The Hall–Kier alpha value is -2.77. The van der Waals surface area contributed by atoms with Crippen LogP contribution in [0.5, 0.6) is 0 Å². The molecule has 1 aromatic carbocycles. The molecule has 2 aromatic rings. The zero-order chi connectivity index (χ0) is 20.6. The Kier molecular flexibility index (Phi) is 7.66. The van der Waals surface area contributed by atoms with Gasteiger partial charge in [-0.05, 0) is 30.0 Å². The quantitative estimate of drug-likeness (QED) is 0.342. The maximum Gasteiger partial charge on any atom is 0.340 e. The van der Waals surface area contributed by atoms with Gasteiger partial charge in [0.25, 0.3) is 0 Å². The van der Waals surface area contributed by atoms with Crippen LogP contribution in [0, 0.1) is 0 Å². The van der Waals surface area contributed by atoms with Crippen LogP contribution in [0.2, 0.25) is 0 Å². The summed E-state index contributed by atoms with van der Waals surface area (Å²) < 4.78 is 53.5. The standard InChI is InChI=1S/C20H20F4N2O2/c1-2-3-4-15-11-25-18(26-12-15)16-8-5-14(6-9-16)7-10-17(27)28-13-20(23,24)19(21)22/h5-12,19H,2-4,13H2,1H3. The molecule has 2 rings (SSSR count). The lowest BCUT2D eigenvalue weighted by molar-refractivity contribution is -0.175. The number of carbonyl (C=O) groups is 1. The summed E-state index contributed by atoms with van der Waals surface area (Å²) in [5.74, 6) is -4.93. The van der Waals surface area contributed by atoms with E-state index in [1.165, 1.54) is 6.08 Å². The first kappa shape index (κ1) is 21.5. The number of unbranched alkanes of at least 4 members (excludes halogenated alkanes) is 1. The second-order valence-corrected chi connectivity index (χ2v) is 6.14. The van der Waals surface area contributed by atoms with Crippen LogP contribution >= 0.6 is 0 Å². The Balaban J connectivity index is 1.93. The second kappa shape index (κ2) is 9.96. The first-order valence-corrected chi connectivity index (χ1v) is 8.74. The third-order valence-electron chi connectivity index (χ3n) is 3.83. The van der Waals surface area contributed by atoms with Crippen LogP contribution in [0.1, 0.15) is 30.9 Å². The molecule has 0 amide bonds. The van der Waals surface area contributed by atoms with Crippen LogP contribution < -0.4 is 0 Å². The summed E-state index contributed by atoms with van der Waals surface area (Å²) in [4.78, 5) is 20.0. The number of nitrogens with zero attached hydrogens (tertiary/aromatic N) is 2. The molecule has 28 heavy (non-hydrogen) atoms. The molecule has 0 fully saturated rings. The van der Waals surface area contributed by atoms with Gasteiger partial charge in [-0.3, -0.25) is 0 Å². The molecular weight excluding hydrogens is 376 g/mol. The number of halogens is 4. The Bertz CT molecular complexity index is 791. The summed E-state index contributed by atoms with van der Waals surface area (Å²) in [5.41, 5.74) is 2.44. The molecule has 0 saturated carbocycles. The third-order valence-corrected chi connectivity index (χ3v) is 3.83. The van der Waals surface area contributed by atoms with Crippen LogP contribution in [0.15, 0.2) is 42.7 Å². The molecule has 0 saturated heterocycles. The van der Waals surface area contributed by atoms with Gasteiger partial charge in [0.2, 0.25) is 0 Å². The van der Waals surface area contributed by atoms with Gasteiger partial charge in [-0.15, -0.1) is 0 Å². The fourth-order valence-electron chi connectivity index (χ4n) is 2.20. The average Bonchev–Trinajstić information content (AvgIpc) is 2.70. The number of ether oxygens (including phenoxy) is 1. The summed E-state index contributed by atoms with van der Waals surface area (Å²) in [6.45, 7) is 0.446. The van der Waals surface area contributed by atoms with Crippen molar-refractivity contribution in [3.05, 3.63) is 53.9 Å². The number of aryl methyl sites for hydroxylation is 1. The van der Waals surface area contributed by atoms with Crippen molar-refractivity contribution >= 4 is 12.0 Å². The van der Waals surface area contributed by atoms with Crippen LogP contribution in [-0.2, 0) is 16.0 Å². The van der Waals surface area contributed by atoms with E-state index in [0.717, 1.165) is 36.5 Å². The van der Waals surface area contributed by atoms with E-state index in [1.807, 2.05) is 0 Å². The number of aromatic nitrogens is 2. The minimum Gasteiger partial charge on any atom is -0.456 e. The highest BCUT2D eigenvalue weighted by molar-refractivity contribution is 5.87. The molecule has 0 bridgehead atoms. The number of benzene rings is 1. The van der Waals surface area contributed by atoms with Crippen molar-refractivity contribution in [2.75, 3.05) is 6.61 Å². The summed E-state index contributed by atoms with van der Waals surface area (Å²) in [6.07, 6.45) is 5.02. The van der Waals surface area contributed by atoms with E-state index in [4.69, 9.17) is 0 Å². The van der Waals surface area contributed by atoms with Crippen molar-refractivity contribution in [1.82, 2.24) is 9.97 Å². The average molecular weight is 396 g/mol. The molecule has 0 spiro atoms. The molecule has 150 valence electrons. The molecular formula is C20H20F4N2O2. The first-order valence-electron chi connectivity index (χ1n) is 8.74.